The number of hydrogen-bond donors (Lipinski definition) is 0. The fraction of sp³-hybridized carbons (Fsp3) is 0. The van der Waals surface area contributed by atoms with Gasteiger partial charge in [0.15, 0.2) is 0 Å². The number of benzene rings is 12. The highest BCUT2D eigenvalue weighted by atomic mass is 15.1. The molecule has 314 valence electrons. The molecule has 0 aliphatic carbocycles. The van der Waals surface area contributed by atoms with Crippen LogP contribution in [0.3, 0.4) is 0 Å². The zero-order valence-electron chi connectivity index (χ0n) is 44.3. The first kappa shape index (κ1) is 32.0. The smallest absolute Gasteiger partial charge is 0.0645 e. The molecule has 0 unspecified atom stereocenters. The van der Waals surface area contributed by atoms with E-state index in [-0.39, 0.29) is 46.7 Å². The second kappa shape index (κ2) is 17.3. The van der Waals surface area contributed by atoms with Crippen LogP contribution >= 0.6 is 0 Å². The summed E-state index contributed by atoms with van der Waals surface area (Å²) in [6.45, 7) is 0. The molecule has 0 saturated carbocycles. The summed E-state index contributed by atoms with van der Waals surface area (Å²) < 4.78 is 77.9. The highest BCUT2D eigenvalue weighted by Crippen LogP contribution is 2.42. The Morgan fingerprint density at radius 3 is 1.15 bits per heavy atom. The normalized spacial score (nSPS) is 13.0. The minimum Gasteiger partial charge on any atom is -0.311 e. The predicted octanol–water partition coefficient (Wildman–Crippen LogP) is 18.6. The van der Waals surface area contributed by atoms with E-state index in [1.165, 1.54) is 4.90 Å². The number of hydrogen-bond acceptors (Lipinski definition) is 1. The summed E-state index contributed by atoms with van der Waals surface area (Å²) in [6, 6.07) is 70.3. The molecule has 0 bridgehead atoms. The molecule has 12 aromatic rings. The van der Waals surface area contributed by atoms with Gasteiger partial charge in [0.2, 0.25) is 0 Å². The van der Waals surface area contributed by atoms with Crippen molar-refractivity contribution < 1.29 is 11.0 Å². The Morgan fingerprint density at radius 2 is 0.612 bits per heavy atom. The van der Waals surface area contributed by atoms with Gasteiger partial charge in [-0.15, -0.1) is 0 Å². The Morgan fingerprint density at radius 1 is 0.224 bits per heavy atom. The quantitative estimate of drug-likeness (QED) is 0.140. The number of rotatable bonds is 9. The highest BCUT2D eigenvalue weighted by molar-refractivity contribution is 6.04. The molecule has 0 fully saturated rings. The standard InChI is InChI=1S/C66H45N/c1-2-12-52(13-3-1)65-45-38-53-16-6-9-21-64(53)66(65)56-36-43-59(44-37-56)67(57-39-32-48(33-40-57)46-24-28-54(29-25-46)62-22-10-17-50-14-4-7-19-60(50)62)58-41-34-49(35-42-58)47-26-30-55(31-27-47)63-23-11-18-51-15-5-8-20-61(51)63/h1-45H/i32D,33D,36D,37D,39D,40D,43D,44D. The van der Waals surface area contributed by atoms with Crippen molar-refractivity contribution in [1.82, 2.24) is 0 Å². The molecule has 1 heteroatoms. The Bertz CT molecular complexity index is 4130. The molecule has 0 aliphatic heterocycles. The lowest BCUT2D eigenvalue weighted by Crippen LogP contribution is -2.09. The van der Waals surface area contributed by atoms with Crippen molar-refractivity contribution in [2.45, 2.75) is 0 Å². The molecule has 0 aliphatic rings. The maximum atomic E-state index is 9.87. The molecule has 12 aromatic carbocycles. The fourth-order valence-electron chi connectivity index (χ4n) is 9.29. The summed E-state index contributed by atoms with van der Waals surface area (Å²) in [7, 11) is 0. The third-order valence-electron chi connectivity index (χ3n) is 12.7. The second-order valence-corrected chi connectivity index (χ2v) is 16.6. The second-order valence-electron chi connectivity index (χ2n) is 16.6. The lowest BCUT2D eigenvalue weighted by atomic mass is 9.89. The van der Waals surface area contributed by atoms with E-state index in [9.17, 15) is 11.0 Å². The van der Waals surface area contributed by atoms with Crippen molar-refractivity contribution in [3.8, 4) is 66.8 Å². The van der Waals surface area contributed by atoms with Crippen molar-refractivity contribution >= 4 is 49.4 Å². The van der Waals surface area contributed by atoms with E-state index in [0.29, 0.717) is 16.8 Å². The zero-order valence-corrected chi connectivity index (χ0v) is 36.3. The van der Waals surface area contributed by atoms with E-state index < -0.39 is 24.2 Å². The van der Waals surface area contributed by atoms with E-state index in [2.05, 4.69) is 78.9 Å². The van der Waals surface area contributed by atoms with Crippen molar-refractivity contribution in [3.63, 3.8) is 0 Å². The highest BCUT2D eigenvalue weighted by Gasteiger charge is 2.17. The van der Waals surface area contributed by atoms with Crippen LogP contribution < -0.4 is 4.90 Å². The largest absolute Gasteiger partial charge is 0.311 e. The van der Waals surface area contributed by atoms with Crippen LogP contribution in [0.15, 0.2) is 273 Å². The van der Waals surface area contributed by atoms with E-state index in [0.717, 1.165) is 76.8 Å². The van der Waals surface area contributed by atoms with Crippen LogP contribution in [-0.2, 0) is 0 Å². The lowest BCUT2D eigenvalue weighted by Gasteiger charge is -2.26. The molecule has 0 aromatic heterocycles. The van der Waals surface area contributed by atoms with E-state index >= 15 is 0 Å². The van der Waals surface area contributed by atoms with Crippen LogP contribution in [0.4, 0.5) is 17.1 Å². The van der Waals surface area contributed by atoms with Gasteiger partial charge in [0.1, 0.15) is 0 Å². The van der Waals surface area contributed by atoms with Crippen LogP contribution in [0.1, 0.15) is 11.0 Å². The Kier molecular flexibility index (Phi) is 8.26. The molecular formula is C66H45N. The third kappa shape index (κ3) is 7.63. The lowest BCUT2D eigenvalue weighted by molar-refractivity contribution is 1.28. The molecule has 0 N–H and O–H groups in total. The summed E-state index contributed by atoms with van der Waals surface area (Å²) >= 11 is 0. The van der Waals surface area contributed by atoms with Gasteiger partial charge < -0.3 is 4.90 Å². The van der Waals surface area contributed by atoms with Crippen molar-refractivity contribution in [2.75, 3.05) is 4.90 Å². The van der Waals surface area contributed by atoms with Gasteiger partial charge in [0, 0.05) is 17.1 Å². The van der Waals surface area contributed by atoms with Gasteiger partial charge in [-0.05, 0) is 135 Å². The Balaban J connectivity index is 1.01. The van der Waals surface area contributed by atoms with Gasteiger partial charge in [0.25, 0.3) is 0 Å². The zero-order chi connectivity index (χ0) is 51.5. The first-order valence-corrected chi connectivity index (χ1v) is 22.4. The van der Waals surface area contributed by atoms with Crippen molar-refractivity contribution in [3.05, 3.63) is 273 Å². The molecule has 0 spiro atoms. The fourth-order valence-corrected chi connectivity index (χ4v) is 9.29. The summed E-state index contributed by atoms with van der Waals surface area (Å²) in [4.78, 5) is 1.37. The van der Waals surface area contributed by atoms with Crippen LogP contribution in [0, 0.1) is 0 Å². The molecular weight excluding hydrogens is 807 g/mol. The average Bonchev–Trinajstić information content (AvgIpc) is 3.48. The van der Waals surface area contributed by atoms with Gasteiger partial charge in [-0.2, -0.15) is 0 Å². The molecule has 67 heavy (non-hydrogen) atoms. The van der Waals surface area contributed by atoms with E-state index in [1.54, 1.807) is 12.1 Å². The number of anilines is 3. The van der Waals surface area contributed by atoms with E-state index in [1.807, 2.05) is 133 Å². The van der Waals surface area contributed by atoms with Crippen LogP contribution in [0.25, 0.3) is 99.1 Å². The number of fused-ring (bicyclic) bond motifs is 3. The SMILES string of the molecule is [2H]c1c([2H])c(N(c2ccc(-c3ccc(-c4cccc5ccccc45)cc3)cc2)c2c([2H])c([2H])c(-c3c(-c4ccccc4)ccc4ccccc34)c([2H])c2[2H])c([2H])c([2H])c1-c1ccc(-c2cccc3ccccc23)cc1. The average molecular weight is 860 g/mol. The molecule has 0 saturated heterocycles. The van der Waals surface area contributed by atoms with Crippen LogP contribution in [0.2, 0.25) is 0 Å². The molecule has 0 heterocycles. The van der Waals surface area contributed by atoms with E-state index in [4.69, 9.17) is 0 Å². The molecule has 0 amide bonds. The number of nitrogens with zero attached hydrogens (tertiary/aromatic N) is 1. The summed E-state index contributed by atoms with van der Waals surface area (Å²) in [5.74, 6) is 0. The predicted molar refractivity (Wildman–Crippen MR) is 286 cm³/mol. The van der Waals surface area contributed by atoms with Crippen molar-refractivity contribution in [2.24, 2.45) is 0 Å². The Hall–Kier alpha value is -8.78. The first-order chi connectivity index (χ1) is 36.6. The Labute approximate surface area is 403 Å². The molecule has 0 atom stereocenters. The molecule has 12 rings (SSSR count). The third-order valence-corrected chi connectivity index (χ3v) is 12.7. The molecule has 0 radical (unpaired) electrons. The maximum absolute atomic E-state index is 9.87. The van der Waals surface area contributed by atoms with Crippen LogP contribution in [-0.4, -0.2) is 0 Å². The van der Waals surface area contributed by atoms with Gasteiger partial charge in [-0.1, -0.05) is 236 Å². The monoisotopic (exact) mass is 859 g/mol. The maximum Gasteiger partial charge on any atom is 0.0645 e. The minimum absolute atomic E-state index is 0.0970. The minimum atomic E-state index is -0.406. The van der Waals surface area contributed by atoms with Gasteiger partial charge in [-0.3, -0.25) is 0 Å². The van der Waals surface area contributed by atoms with Crippen LogP contribution in [0.5, 0.6) is 0 Å². The summed E-state index contributed by atoms with van der Waals surface area (Å²) in [5, 5.41) is 6.12. The first-order valence-electron chi connectivity index (χ1n) is 26.4. The summed E-state index contributed by atoms with van der Waals surface area (Å²) in [6.07, 6.45) is 0. The van der Waals surface area contributed by atoms with Gasteiger partial charge in [0.05, 0.1) is 11.0 Å². The topological polar surface area (TPSA) is 3.24 Å². The summed E-state index contributed by atoms with van der Waals surface area (Å²) in [5.41, 5.74) is 8.64. The van der Waals surface area contributed by atoms with Gasteiger partial charge in [-0.25, -0.2) is 0 Å². The molecule has 1 nitrogen and oxygen atoms in total. The van der Waals surface area contributed by atoms with Gasteiger partial charge >= 0.3 is 0 Å². The van der Waals surface area contributed by atoms with Crippen molar-refractivity contribution in [1.29, 1.82) is 0 Å².